The molecule has 0 spiro atoms. The van der Waals surface area contributed by atoms with Gasteiger partial charge in [-0.1, -0.05) is 18.2 Å². The summed E-state index contributed by atoms with van der Waals surface area (Å²) in [5.41, 5.74) is 3.21. The Hall–Kier alpha value is -1.75. The number of para-hydroxylation sites is 1. The van der Waals surface area contributed by atoms with Gasteiger partial charge in [-0.25, -0.2) is 4.79 Å². The summed E-state index contributed by atoms with van der Waals surface area (Å²) in [6.07, 6.45) is 0.710. The molecule has 2 rings (SSSR count). The van der Waals surface area contributed by atoms with Crippen LogP contribution in [0.4, 0.5) is 10.5 Å². The van der Waals surface area contributed by atoms with Gasteiger partial charge in [0.15, 0.2) is 0 Å². The SMILES string of the molecule is CC(C)(CNC(=O)OC(C)(C)C)NCc1cccc2c1NCC2. The average Bonchev–Trinajstić information content (AvgIpc) is 2.90. The highest BCUT2D eigenvalue weighted by molar-refractivity contribution is 5.67. The van der Waals surface area contributed by atoms with Crippen LogP contribution in [0.5, 0.6) is 0 Å². The zero-order valence-electron chi connectivity index (χ0n) is 14.9. The molecule has 0 atom stereocenters. The van der Waals surface area contributed by atoms with Gasteiger partial charge in [0, 0.05) is 30.9 Å². The fourth-order valence-corrected chi connectivity index (χ4v) is 2.56. The summed E-state index contributed by atoms with van der Waals surface area (Å²) in [6.45, 7) is 12.0. The number of alkyl carbamates (subject to hydrolysis) is 1. The fourth-order valence-electron chi connectivity index (χ4n) is 2.56. The van der Waals surface area contributed by atoms with Crippen LogP contribution in [-0.4, -0.2) is 30.3 Å². The highest BCUT2D eigenvalue weighted by Gasteiger charge is 2.22. The first-order valence-electron chi connectivity index (χ1n) is 8.23. The second-order valence-corrected chi connectivity index (χ2v) is 7.72. The number of benzene rings is 1. The molecule has 0 unspecified atom stereocenters. The van der Waals surface area contributed by atoms with Crippen molar-refractivity contribution in [3.8, 4) is 0 Å². The number of rotatable bonds is 5. The van der Waals surface area contributed by atoms with Crippen molar-refractivity contribution in [2.75, 3.05) is 18.4 Å². The van der Waals surface area contributed by atoms with E-state index in [1.807, 2.05) is 20.8 Å². The van der Waals surface area contributed by atoms with E-state index < -0.39 is 5.60 Å². The maximum Gasteiger partial charge on any atom is 0.407 e. The molecular weight excluding hydrogens is 290 g/mol. The Morgan fingerprint density at radius 2 is 2.00 bits per heavy atom. The largest absolute Gasteiger partial charge is 0.444 e. The van der Waals surface area contributed by atoms with E-state index in [-0.39, 0.29) is 11.6 Å². The summed E-state index contributed by atoms with van der Waals surface area (Å²) in [4.78, 5) is 11.8. The van der Waals surface area contributed by atoms with Crippen molar-refractivity contribution in [3.63, 3.8) is 0 Å². The van der Waals surface area contributed by atoms with Gasteiger partial charge in [0.1, 0.15) is 5.60 Å². The molecule has 0 fully saturated rings. The number of carbonyl (C=O) groups is 1. The molecule has 1 aliphatic heterocycles. The van der Waals surface area contributed by atoms with Crippen molar-refractivity contribution < 1.29 is 9.53 Å². The third kappa shape index (κ3) is 5.43. The second kappa shape index (κ2) is 6.79. The van der Waals surface area contributed by atoms with Crippen molar-refractivity contribution in [3.05, 3.63) is 29.3 Å². The van der Waals surface area contributed by atoms with Crippen LogP contribution in [0.3, 0.4) is 0 Å². The van der Waals surface area contributed by atoms with Crippen LogP contribution < -0.4 is 16.0 Å². The Morgan fingerprint density at radius 3 is 2.70 bits per heavy atom. The fraction of sp³-hybridized carbons (Fsp3) is 0.611. The second-order valence-electron chi connectivity index (χ2n) is 7.72. The Kier molecular flexibility index (Phi) is 5.19. The first kappa shape index (κ1) is 17.6. The van der Waals surface area contributed by atoms with Crippen LogP contribution in [0.15, 0.2) is 18.2 Å². The van der Waals surface area contributed by atoms with E-state index in [9.17, 15) is 4.79 Å². The lowest BCUT2D eigenvalue weighted by Gasteiger charge is -2.28. The molecule has 0 bridgehead atoms. The lowest BCUT2D eigenvalue weighted by Crippen LogP contribution is -2.49. The molecule has 1 aromatic rings. The quantitative estimate of drug-likeness (QED) is 0.780. The third-order valence-electron chi connectivity index (χ3n) is 3.76. The maximum absolute atomic E-state index is 11.8. The number of ether oxygens (including phenoxy) is 1. The summed E-state index contributed by atoms with van der Waals surface area (Å²) in [5.74, 6) is 0. The van der Waals surface area contributed by atoms with E-state index in [0.29, 0.717) is 6.54 Å². The molecule has 128 valence electrons. The molecule has 0 aliphatic carbocycles. The van der Waals surface area contributed by atoms with Gasteiger partial charge >= 0.3 is 6.09 Å². The standard InChI is InChI=1S/C18H29N3O2/c1-17(2,3)23-16(22)20-12-18(4,5)21-11-14-8-6-7-13-9-10-19-15(13)14/h6-8,19,21H,9-12H2,1-5H3,(H,20,22). The monoisotopic (exact) mass is 319 g/mol. The van der Waals surface area contributed by atoms with E-state index >= 15 is 0 Å². The molecule has 23 heavy (non-hydrogen) atoms. The molecule has 5 nitrogen and oxygen atoms in total. The normalized spacial score (nSPS) is 14.1. The maximum atomic E-state index is 11.8. The minimum absolute atomic E-state index is 0.224. The van der Waals surface area contributed by atoms with Crippen molar-refractivity contribution in [2.45, 2.75) is 58.7 Å². The number of hydrogen-bond donors (Lipinski definition) is 3. The molecule has 0 saturated carbocycles. The van der Waals surface area contributed by atoms with Gasteiger partial charge in [0.05, 0.1) is 0 Å². The summed E-state index contributed by atoms with van der Waals surface area (Å²) in [7, 11) is 0. The van der Waals surface area contributed by atoms with Crippen molar-refractivity contribution >= 4 is 11.8 Å². The van der Waals surface area contributed by atoms with Crippen LogP contribution in [0, 0.1) is 0 Å². The number of carbonyl (C=O) groups excluding carboxylic acids is 1. The summed E-state index contributed by atoms with van der Waals surface area (Å²) in [5, 5.41) is 9.79. The molecule has 3 N–H and O–H groups in total. The summed E-state index contributed by atoms with van der Waals surface area (Å²) < 4.78 is 5.27. The third-order valence-corrected chi connectivity index (χ3v) is 3.76. The molecule has 5 heteroatoms. The van der Waals surface area contributed by atoms with E-state index in [1.54, 1.807) is 0 Å². The van der Waals surface area contributed by atoms with Gasteiger partial charge in [0.2, 0.25) is 0 Å². The van der Waals surface area contributed by atoms with Crippen LogP contribution in [0.25, 0.3) is 0 Å². The highest BCUT2D eigenvalue weighted by Crippen LogP contribution is 2.26. The first-order chi connectivity index (χ1) is 10.7. The van der Waals surface area contributed by atoms with Crippen LogP contribution in [0.1, 0.15) is 45.7 Å². The number of amides is 1. The van der Waals surface area contributed by atoms with Crippen molar-refractivity contribution in [1.29, 1.82) is 0 Å². The first-order valence-corrected chi connectivity index (χ1v) is 8.23. The number of fused-ring (bicyclic) bond motifs is 1. The minimum atomic E-state index is -0.474. The Morgan fingerprint density at radius 1 is 1.26 bits per heavy atom. The predicted octanol–water partition coefficient (Wildman–Crippen LogP) is 3.05. The Bertz CT molecular complexity index is 562. The zero-order chi connectivity index (χ0) is 17.1. The topological polar surface area (TPSA) is 62.4 Å². The molecular formula is C18H29N3O2. The van der Waals surface area contributed by atoms with Crippen molar-refractivity contribution in [1.82, 2.24) is 10.6 Å². The molecule has 1 aromatic carbocycles. The van der Waals surface area contributed by atoms with Gasteiger partial charge in [0.25, 0.3) is 0 Å². The number of hydrogen-bond acceptors (Lipinski definition) is 4. The molecule has 1 amide bonds. The number of anilines is 1. The zero-order valence-corrected chi connectivity index (χ0v) is 14.9. The van der Waals surface area contributed by atoms with Gasteiger partial charge in [-0.15, -0.1) is 0 Å². The van der Waals surface area contributed by atoms with Crippen LogP contribution in [-0.2, 0) is 17.7 Å². The Labute approximate surface area is 139 Å². The highest BCUT2D eigenvalue weighted by atomic mass is 16.6. The molecule has 0 aromatic heterocycles. The van der Waals surface area contributed by atoms with Gasteiger partial charge in [-0.05, 0) is 52.2 Å². The molecule has 1 heterocycles. The average molecular weight is 319 g/mol. The van der Waals surface area contributed by atoms with Gasteiger partial charge in [-0.3, -0.25) is 0 Å². The summed E-state index contributed by atoms with van der Waals surface area (Å²) >= 11 is 0. The molecule has 1 aliphatic rings. The predicted molar refractivity (Wildman–Crippen MR) is 93.8 cm³/mol. The lowest BCUT2D eigenvalue weighted by molar-refractivity contribution is 0.0513. The van der Waals surface area contributed by atoms with E-state index in [1.165, 1.54) is 16.8 Å². The molecule has 0 saturated heterocycles. The Balaban J connectivity index is 1.85. The minimum Gasteiger partial charge on any atom is -0.444 e. The summed E-state index contributed by atoms with van der Waals surface area (Å²) in [6, 6.07) is 6.42. The number of nitrogens with one attached hydrogen (secondary N) is 3. The smallest absolute Gasteiger partial charge is 0.407 e. The van der Waals surface area contributed by atoms with E-state index in [2.05, 4.69) is 48.0 Å². The van der Waals surface area contributed by atoms with E-state index in [0.717, 1.165) is 19.5 Å². The van der Waals surface area contributed by atoms with Gasteiger partial charge < -0.3 is 20.7 Å². The lowest BCUT2D eigenvalue weighted by atomic mass is 10.0. The van der Waals surface area contributed by atoms with Crippen molar-refractivity contribution in [2.24, 2.45) is 0 Å². The molecule has 0 radical (unpaired) electrons. The van der Waals surface area contributed by atoms with Gasteiger partial charge in [-0.2, -0.15) is 0 Å². The van der Waals surface area contributed by atoms with Crippen LogP contribution >= 0.6 is 0 Å². The van der Waals surface area contributed by atoms with Crippen LogP contribution in [0.2, 0.25) is 0 Å². The van der Waals surface area contributed by atoms with E-state index in [4.69, 9.17) is 4.74 Å².